The molecule has 4 aromatic rings. The summed E-state index contributed by atoms with van der Waals surface area (Å²) in [6.45, 7) is 3.58. The largest absolute Gasteiger partial charge is 0.393 e. The fourth-order valence-corrected chi connectivity index (χ4v) is 3.08. The molecule has 29 heavy (non-hydrogen) atoms. The van der Waals surface area contributed by atoms with Gasteiger partial charge in [0, 0.05) is 23.6 Å². The summed E-state index contributed by atoms with van der Waals surface area (Å²) in [7, 11) is 0. The van der Waals surface area contributed by atoms with Crippen LogP contribution in [0.5, 0.6) is 0 Å². The second-order valence-corrected chi connectivity index (χ2v) is 6.57. The third kappa shape index (κ3) is 3.64. The fourth-order valence-electron chi connectivity index (χ4n) is 3.08. The molecular weight excluding hydrogens is 375 g/mol. The van der Waals surface area contributed by atoms with Gasteiger partial charge in [-0.1, -0.05) is 18.1 Å². The lowest BCUT2D eigenvalue weighted by Crippen LogP contribution is -2.10. The molecule has 3 heterocycles. The molecule has 0 spiro atoms. The van der Waals surface area contributed by atoms with Crippen molar-refractivity contribution < 1.29 is 14.3 Å². The maximum atomic E-state index is 14.8. The Kier molecular flexibility index (Phi) is 5.13. The predicted octanol–water partition coefficient (Wildman–Crippen LogP) is 2.70. The summed E-state index contributed by atoms with van der Waals surface area (Å²) in [5.41, 5.74) is 2.73. The number of fused-ring (bicyclic) bond motifs is 2. The number of hydrogen-bond donors (Lipinski definition) is 1. The van der Waals surface area contributed by atoms with Crippen molar-refractivity contribution >= 4 is 22.3 Å². The number of aliphatic hydroxyl groups is 1. The highest BCUT2D eigenvalue weighted by molar-refractivity contribution is 5.96. The standard InChI is InChI=1S/C20H19FN6O2/c1-12(15-10-14-4-3-7-22-18(14)11-16(15)21)20-24-23-19-6-5-17(25-27(19)20)13(2)26-29-9-8-28/h3-7,10-12,28H,8-9H2,1-2H3/b26-13+. The lowest BCUT2D eigenvalue weighted by molar-refractivity contribution is 0.0986. The molecule has 0 aliphatic rings. The van der Waals surface area contributed by atoms with E-state index in [4.69, 9.17) is 9.94 Å². The van der Waals surface area contributed by atoms with Crippen molar-refractivity contribution in [3.8, 4) is 0 Å². The van der Waals surface area contributed by atoms with Crippen molar-refractivity contribution in [2.75, 3.05) is 13.2 Å². The number of oxime groups is 1. The molecule has 0 aliphatic carbocycles. The summed E-state index contributed by atoms with van der Waals surface area (Å²) in [6, 6.07) is 10.4. The number of rotatable bonds is 6. The average Bonchev–Trinajstić information content (AvgIpc) is 3.16. The summed E-state index contributed by atoms with van der Waals surface area (Å²) < 4.78 is 16.3. The van der Waals surface area contributed by atoms with Gasteiger partial charge in [0.2, 0.25) is 0 Å². The number of halogens is 1. The van der Waals surface area contributed by atoms with E-state index in [0.29, 0.717) is 34.0 Å². The van der Waals surface area contributed by atoms with Crippen LogP contribution in [0.2, 0.25) is 0 Å². The van der Waals surface area contributed by atoms with Crippen LogP contribution >= 0.6 is 0 Å². The van der Waals surface area contributed by atoms with Crippen LogP contribution in [0.25, 0.3) is 16.6 Å². The van der Waals surface area contributed by atoms with Gasteiger partial charge in [0.05, 0.1) is 12.1 Å². The zero-order chi connectivity index (χ0) is 20.4. The van der Waals surface area contributed by atoms with Gasteiger partial charge in [-0.05, 0) is 36.8 Å². The molecule has 0 fully saturated rings. The normalized spacial score (nSPS) is 13.2. The highest BCUT2D eigenvalue weighted by Gasteiger charge is 2.21. The van der Waals surface area contributed by atoms with Gasteiger partial charge in [-0.25, -0.2) is 4.39 Å². The third-order valence-electron chi connectivity index (χ3n) is 4.62. The number of benzene rings is 1. The molecule has 9 heteroatoms. The minimum absolute atomic E-state index is 0.102. The minimum Gasteiger partial charge on any atom is -0.393 e. The number of aromatic nitrogens is 5. The van der Waals surface area contributed by atoms with Gasteiger partial charge in [-0.2, -0.15) is 9.61 Å². The van der Waals surface area contributed by atoms with E-state index in [1.807, 2.05) is 19.1 Å². The van der Waals surface area contributed by atoms with Crippen LogP contribution in [0, 0.1) is 5.82 Å². The quantitative estimate of drug-likeness (QED) is 0.307. The Balaban J connectivity index is 1.75. The molecule has 4 rings (SSSR count). The van der Waals surface area contributed by atoms with E-state index in [0.717, 1.165) is 5.39 Å². The van der Waals surface area contributed by atoms with Crippen LogP contribution in [-0.2, 0) is 4.84 Å². The average molecular weight is 394 g/mol. The van der Waals surface area contributed by atoms with Gasteiger partial charge in [0.15, 0.2) is 11.5 Å². The molecule has 0 saturated heterocycles. The van der Waals surface area contributed by atoms with Gasteiger partial charge in [-0.15, -0.1) is 10.2 Å². The number of hydrogen-bond acceptors (Lipinski definition) is 7. The lowest BCUT2D eigenvalue weighted by atomic mass is 9.98. The zero-order valence-corrected chi connectivity index (χ0v) is 15.9. The summed E-state index contributed by atoms with van der Waals surface area (Å²) in [5, 5.41) is 26.5. The molecule has 0 amide bonds. The maximum absolute atomic E-state index is 14.8. The Hall–Kier alpha value is -3.46. The number of aliphatic hydroxyl groups excluding tert-OH is 1. The van der Waals surface area contributed by atoms with Crippen molar-refractivity contribution in [2.24, 2.45) is 5.16 Å². The van der Waals surface area contributed by atoms with Crippen LogP contribution in [0.3, 0.4) is 0 Å². The van der Waals surface area contributed by atoms with Crippen molar-refractivity contribution in [2.45, 2.75) is 19.8 Å². The monoisotopic (exact) mass is 394 g/mol. The number of nitrogens with zero attached hydrogens (tertiary/aromatic N) is 6. The van der Waals surface area contributed by atoms with E-state index in [9.17, 15) is 4.39 Å². The van der Waals surface area contributed by atoms with E-state index in [1.165, 1.54) is 6.07 Å². The molecule has 1 N–H and O–H groups in total. The second-order valence-electron chi connectivity index (χ2n) is 6.57. The van der Waals surface area contributed by atoms with E-state index >= 15 is 0 Å². The third-order valence-corrected chi connectivity index (χ3v) is 4.62. The summed E-state index contributed by atoms with van der Waals surface area (Å²) in [4.78, 5) is 9.19. The first-order chi connectivity index (χ1) is 14.1. The van der Waals surface area contributed by atoms with Crippen LogP contribution in [0.1, 0.15) is 36.8 Å². The van der Waals surface area contributed by atoms with Gasteiger partial charge in [0.1, 0.15) is 23.8 Å². The molecule has 0 saturated carbocycles. The molecular formula is C20H19FN6O2. The first kappa shape index (κ1) is 18.9. The molecule has 148 valence electrons. The molecule has 0 aliphatic heterocycles. The topological polar surface area (TPSA) is 97.8 Å². The highest BCUT2D eigenvalue weighted by Crippen LogP contribution is 2.28. The molecule has 3 aromatic heterocycles. The van der Waals surface area contributed by atoms with Gasteiger partial charge in [0.25, 0.3) is 0 Å². The van der Waals surface area contributed by atoms with Crippen molar-refractivity contribution in [3.63, 3.8) is 0 Å². The molecule has 0 bridgehead atoms. The SMILES string of the molecule is C/C(=N\OCCO)c1ccc2nnc(C(C)c3cc4cccnc4cc3F)n2n1. The molecule has 1 atom stereocenters. The summed E-state index contributed by atoms with van der Waals surface area (Å²) >= 11 is 0. The Morgan fingerprint density at radius 1 is 1.28 bits per heavy atom. The molecule has 1 aromatic carbocycles. The van der Waals surface area contributed by atoms with Gasteiger partial charge < -0.3 is 9.94 Å². The van der Waals surface area contributed by atoms with E-state index < -0.39 is 0 Å². The molecule has 0 radical (unpaired) electrons. The molecule has 8 nitrogen and oxygen atoms in total. The summed E-state index contributed by atoms with van der Waals surface area (Å²) in [5.74, 6) is -0.236. The van der Waals surface area contributed by atoms with Crippen LogP contribution < -0.4 is 0 Å². The first-order valence-corrected chi connectivity index (χ1v) is 9.13. The maximum Gasteiger partial charge on any atom is 0.177 e. The Labute approximate surface area is 165 Å². The van der Waals surface area contributed by atoms with Gasteiger partial charge >= 0.3 is 0 Å². The Morgan fingerprint density at radius 3 is 2.97 bits per heavy atom. The number of pyridine rings is 1. The second kappa shape index (κ2) is 7.88. The fraction of sp³-hybridized carbons (Fsp3) is 0.250. The van der Waals surface area contributed by atoms with Gasteiger partial charge in [-0.3, -0.25) is 4.98 Å². The van der Waals surface area contributed by atoms with Crippen molar-refractivity contribution in [1.82, 2.24) is 24.8 Å². The van der Waals surface area contributed by atoms with Crippen LogP contribution in [0.4, 0.5) is 4.39 Å². The van der Waals surface area contributed by atoms with E-state index in [-0.39, 0.29) is 24.9 Å². The van der Waals surface area contributed by atoms with Crippen LogP contribution in [0.15, 0.2) is 47.8 Å². The van der Waals surface area contributed by atoms with E-state index in [1.54, 1.807) is 35.8 Å². The van der Waals surface area contributed by atoms with Crippen LogP contribution in [-0.4, -0.2) is 48.8 Å². The van der Waals surface area contributed by atoms with Crippen molar-refractivity contribution in [1.29, 1.82) is 0 Å². The smallest absolute Gasteiger partial charge is 0.177 e. The lowest BCUT2D eigenvalue weighted by Gasteiger charge is -2.12. The van der Waals surface area contributed by atoms with Crippen molar-refractivity contribution in [3.05, 3.63) is 65.5 Å². The predicted molar refractivity (Wildman–Crippen MR) is 105 cm³/mol. The Bertz CT molecular complexity index is 1210. The molecule has 1 unspecified atom stereocenters. The minimum atomic E-state index is -0.389. The highest BCUT2D eigenvalue weighted by atomic mass is 19.1. The Morgan fingerprint density at radius 2 is 2.14 bits per heavy atom. The van der Waals surface area contributed by atoms with E-state index in [2.05, 4.69) is 25.4 Å². The summed E-state index contributed by atoms with van der Waals surface area (Å²) in [6.07, 6.45) is 1.64. The first-order valence-electron chi connectivity index (χ1n) is 9.13. The zero-order valence-electron chi connectivity index (χ0n) is 15.9.